The molecule has 1 aliphatic carbocycles. The number of aromatic nitrogens is 1. The number of hydrogen-bond donors (Lipinski definition) is 1. The van der Waals surface area contributed by atoms with Gasteiger partial charge in [0.15, 0.2) is 0 Å². The van der Waals surface area contributed by atoms with Gasteiger partial charge in [0.05, 0.1) is 0 Å². The minimum Gasteiger partial charge on any atom is -0.367 e. The molecule has 1 aromatic heterocycles. The summed E-state index contributed by atoms with van der Waals surface area (Å²) < 4.78 is 12.7. The van der Waals surface area contributed by atoms with Crippen molar-refractivity contribution in [2.24, 2.45) is 5.92 Å². The molecule has 1 aromatic rings. The van der Waals surface area contributed by atoms with Crippen LogP contribution in [0.5, 0.6) is 0 Å². The van der Waals surface area contributed by atoms with Gasteiger partial charge >= 0.3 is 0 Å². The van der Waals surface area contributed by atoms with Crippen molar-refractivity contribution < 1.29 is 4.39 Å². The van der Waals surface area contributed by atoms with E-state index >= 15 is 0 Å². The molecule has 1 fully saturated rings. The molecule has 0 radical (unpaired) electrons. The highest BCUT2D eigenvalue weighted by Gasteiger charge is 2.25. The summed E-state index contributed by atoms with van der Waals surface area (Å²) in [5, 5.41) is 3.20. The van der Waals surface area contributed by atoms with Gasteiger partial charge in [-0.05, 0) is 30.9 Å². The maximum absolute atomic E-state index is 12.7. The molecule has 13 heavy (non-hydrogen) atoms. The van der Waals surface area contributed by atoms with Crippen LogP contribution >= 0.6 is 0 Å². The van der Waals surface area contributed by atoms with Crippen molar-refractivity contribution >= 4 is 5.82 Å². The SMILES string of the molecule is CC1CC(Nc2cccc(F)n2)C1. The number of nitrogens with zero attached hydrogens (tertiary/aromatic N) is 1. The van der Waals surface area contributed by atoms with Crippen LogP contribution in [0.25, 0.3) is 0 Å². The largest absolute Gasteiger partial charge is 0.367 e. The lowest BCUT2D eigenvalue weighted by molar-refractivity contribution is 0.308. The molecule has 0 saturated heterocycles. The lowest BCUT2D eigenvalue weighted by atomic mass is 9.82. The molecular formula is C10H13FN2. The quantitative estimate of drug-likeness (QED) is 0.707. The van der Waals surface area contributed by atoms with E-state index < -0.39 is 5.95 Å². The maximum Gasteiger partial charge on any atom is 0.214 e. The van der Waals surface area contributed by atoms with Gasteiger partial charge in [0.25, 0.3) is 0 Å². The van der Waals surface area contributed by atoms with Gasteiger partial charge in [-0.2, -0.15) is 4.39 Å². The number of anilines is 1. The smallest absolute Gasteiger partial charge is 0.214 e. The molecule has 1 saturated carbocycles. The predicted molar refractivity (Wildman–Crippen MR) is 50.0 cm³/mol. The van der Waals surface area contributed by atoms with Gasteiger partial charge in [0, 0.05) is 6.04 Å². The average molecular weight is 180 g/mol. The van der Waals surface area contributed by atoms with Crippen molar-refractivity contribution in [2.75, 3.05) is 5.32 Å². The molecule has 3 heteroatoms. The van der Waals surface area contributed by atoms with Crippen molar-refractivity contribution in [3.63, 3.8) is 0 Å². The molecule has 0 aliphatic heterocycles. The van der Waals surface area contributed by atoms with Gasteiger partial charge in [-0.15, -0.1) is 0 Å². The molecule has 0 spiro atoms. The first-order valence-corrected chi connectivity index (χ1v) is 4.63. The summed E-state index contributed by atoms with van der Waals surface area (Å²) in [6.45, 7) is 2.22. The van der Waals surface area contributed by atoms with Crippen molar-refractivity contribution in [3.8, 4) is 0 Å². The fourth-order valence-corrected chi connectivity index (χ4v) is 1.72. The lowest BCUT2D eigenvalue weighted by Gasteiger charge is -2.33. The molecule has 0 aromatic carbocycles. The second-order valence-corrected chi connectivity index (χ2v) is 3.76. The number of hydrogen-bond acceptors (Lipinski definition) is 2. The van der Waals surface area contributed by atoms with E-state index in [-0.39, 0.29) is 0 Å². The summed E-state index contributed by atoms with van der Waals surface area (Å²) in [6, 6.07) is 5.32. The number of pyridine rings is 1. The van der Waals surface area contributed by atoms with Gasteiger partial charge in [0.2, 0.25) is 5.95 Å². The fraction of sp³-hybridized carbons (Fsp3) is 0.500. The summed E-state index contributed by atoms with van der Waals surface area (Å²) in [5.74, 6) is 1.03. The summed E-state index contributed by atoms with van der Waals surface area (Å²) in [5.41, 5.74) is 0. The Morgan fingerprint density at radius 1 is 1.46 bits per heavy atom. The standard InChI is InChI=1S/C10H13FN2/c1-7-5-8(6-7)12-10-4-2-3-9(11)13-10/h2-4,7-8H,5-6H2,1H3,(H,12,13). The number of nitrogens with one attached hydrogen (secondary N) is 1. The lowest BCUT2D eigenvalue weighted by Crippen LogP contribution is -2.34. The van der Waals surface area contributed by atoms with Gasteiger partial charge in [-0.1, -0.05) is 13.0 Å². The summed E-state index contributed by atoms with van der Waals surface area (Å²) in [6.07, 6.45) is 2.33. The number of rotatable bonds is 2. The van der Waals surface area contributed by atoms with E-state index in [4.69, 9.17) is 0 Å². The Labute approximate surface area is 77.2 Å². The molecule has 0 amide bonds. The fourth-order valence-electron chi connectivity index (χ4n) is 1.72. The topological polar surface area (TPSA) is 24.9 Å². The first kappa shape index (κ1) is 8.48. The molecule has 0 atom stereocenters. The summed E-state index contributed by atoms with van der Waals surface area (Å²) in [7, 11) is 0. The molecular weight excluding hydrogens is 167 g/mol. The Balaban J connectivity index is 1.94. The van der Waals surface area contributed by atoms with Crippen molar-refractivity contribution in [3.05, 3.63) is 24.1 Å². The Hall–Kier alpha value is -1.12. The summed E-state index contributed by atoms with van der Waals surface area (Å²) in [4.78, 5) is 3.74. The first-order valence-electron chi connectivity index (χ1n) is 4.63. The van der Waals surface area contributed by atoms with Gasteiger partial charge in [-0.3, -0.25) is 0 Å². The molecule has 0 unspecified atom stereocenters. The second-order valence-electron chi connectivity index (χ2n) is 3.76. The van der Waals surface area contributed by atoms with Gasteiger partial charge in [-0.25, -0.2) is 4.98 Å². The minimum atomic E-state index is -0.419. The molecule has 1 N–H and O–H groups in total. The van der Waals surface area contributed by atoms with E-state index in [1.165, 1.54) is 6.07 Å². The Kier molecular flexibility index (Phi) is 2.17. The van der Waals surface area contributed by atoms with E-state index in [0.29, 0.717) is 11.9 Å². The monoisotopic (exact) mass is 180 g/mol. The van der Waals surface area contributed by atoms with Crippen LogP contribution in [0.2, 0.25) is 0 Å². The van der Waals surface area contributed by atoms with E-state index in [1.54, 1.807) is 12.1 Å². The highest BCUT2D eigenvalue weighted by atomic mass is 19.1. The zero-order chi connectivity index (χ0) is 9.26. The Bertz CT molecular complexity index is 295. The normalized spacial score (nSPS) is 26.6. The molecule has 2 rings (SSSR count). The molecule has 70 valence electrons. The van der Waals surface area contributed by atoms with Crippen molar-refractivity contribution in [2.45, 2.75) is 25.8 Å². The highest BCUT2D eigenvalue weighted by Crippen LogP contribution is 2.28. The molecule has 2 nitrogen and oxygen atoms in total. The van der Waals surface area contributed by atoms with Crippen LogP contribution in [0, 0.1) is 11.9 Å². The van der Waals surface area contributed by atoms with E-state index in [2.05, 4.69) is 17.2 Å². The van der Waals surface area contributed by atoms with Crippen LogP contribution in [0.15, 0.2) is 18.2 Å². The third kappa shape index (κ3) is 1.97. The van der Waals surface area contributed by atoms with E-state index in [9.17, 15) is 4.39 Å². The van der Waals surface area contributed by atoms with Crippen molar-refractivity contribution in [1.29, 1.82) is 0 Å². The summed E-state index contributed by atoms with van der Waals surface area (Å²) >= 11 is 0. The van der Waals surface area contributed by atoms with Gasteiger partial charge in [0.1, 0.15) is 5.82 Å². The molecule has 1 heterocycles. The predicted octanol–water partition coefficient (Wildman–Crippen LogP) is 2.43. The van der Waals surface area contributed by atoms with Crippen LogP contribution in [0.4, 0.5) is 10.2 Å². The molecule has 1 aliphatic rings. The molecule has 0 bridgehead atoms. The van der Waals surface area contributed by atoms with Crippen LogP contribution < -0.4 is 5.32 Å². The average Bonchev–Trinajstić information content (AvgIpc) is 2.01. The highest BCUT2D eigenvalue weighted by molar-refractivity contribution is 5.35. The zero-order valence-corrected chi connectivity index (χ0v) is 7.63. The maximum atomic E-state index is 12.7. The van der Waals surface area contributed by atoms with E-state index in [0.717, 1.165) is 18.8 Å². The van der Waals surface area contributed by atoms with Gasteiger partial charge < -0.3 is 5.32 Å². The number of halogens is 1. The van der Waals surface area contributed by atoms with Crippen LogP contribution in [0.1, 0.15) is 19.8 Å². The van der Waals surface area contributed by atoms with Crippen LogP contribution in [-0.2, 0) is 0 Å². The Morgan fingerprint density at radius 2 is 2.23 bits per heavy atom. The van der Waals surface area contributed by atoms with E-state index in [1.807, 2.05) is 0 Å². The third-order valence-corrected chi connectivity index (χ3v) is 2.44. The first-order chi connectivity index (χ1) is 6.24. The minimum absolute atomic E-state index is 0.419. The second kappa shape index (κ2) is 3.32. The van der Waals surface area contributed by atoms with Crippen LogP contribution in [-0.4, -0.2) is 11.0 Å². The zero-order valence-electron chi connectivity index (χ0n) is 7.63. The van der Waals surface area contributed by atoms with Crippen LogP contribution in [0.3, 0.4) is 0 Å². The Morgan fingerprint density at radius 3 is 2.85 bits per heavy atom. The third-order valence-electron chi connectivity index (χ3n) is 2.44. The van der Waals surface area contributed by atoms with Crippen molar-refractivity contribution in [1.82, 2.24) is 4.98 Å².